The Labute approximate surface area is 128 Å². The number of nitrogens with one attached hydrogen (secondary N) is 1. The highest BCUT2D eigenvalue weighted by Gasteiger charge is 2.42. The van der Waals surface area contributed by atoms with Gasteiger partial charge in [0.15, 0.2) is 0 Å². The van der Waals surface area contributed by atoms with Gasteiger partial charge in [0, 0.05) is 0 Å². The van der Waals surface area contributed by atoms with Gasteiger partial charge in [-0.05, 0) is 50.1 Å². The topological polar surface area (TPSA) is 38.3 Å². The molecule has 3 nitrogen and oxygen atoms in total. The smallest absolute Gasteiger partial charge is 0.330 e. The van der Waals surface area contributed by atoms with Crippen molar-refractivity contribution in [3.8, 4) is 0 Å². The van der Waals surface area contributed by atoms with Crippen LogP contribution in [0.25, 0.3) is 0 Å². The van der Waals surface area contributed by atoms with E-state index in [1.165, 1.54) is 12.8 Å². The van der Waals surface area contributed by atoms with Crippen molar-refractivity contribution in [3.63, 3.8) is 0 Å². The fourth-order valence-electron chi connectivity index (χ4n) is 2.80. The van der Waals surface area contributed by atoms with Gasteiger partial charge in [0.25, 0.3) is 0 Å². The van der Waals surface area contributed by atoms with Crippen LogP contribution in [0.15, 0.2) is 30.3 Å². The number of hydrogen-bond donors (Lipinski definition) is 1. The first kappa shape index (κ1) is 16.0. The zero-order chi connectivity index (χ0) is 15.3. The molecule has 1 aromatic carbocycles. The van der Waals surface area contributed by atoms with E-state index in [9.17, 15) is 4.79 Å². The number of ether oxygens (including phenoxy) is 1. The van der Waals surface area contributed by atoms with Crippen LogP contribution in [0.5, 0.6) is 0 Å². The van der Waals surface area contributed by atoms with Gasteiger partial charge >= 0.3 is 5.97 Å². The minimum absolute atomic E-state index is 0.148. The van der Waals surface area contributed by atoms with E-state index in [2.05, 4.69) is 19.2 Å². The zero-order valence-electron chi connectivity index (χ0n) is 13.4. The van der Waals surface area contributed by atoms with E-state index >= 15 is 0 Å². The lowest BCUT2D eigenvalue weighted by Crippen LogP contribution is -2.51. The van der Waals surface area contributed by atoms with Crippen LogP contribution in [-0.4, -0.2) is 19.1 Å². The fourth-order valence-corrected chi connectivity index (χ4v) is 2.80. The van der Waals surface area contributed by atoms with Gasteiger partial charge in [-0.25, -0.2) is 4.79 Å². The van der Waals surface area contributed by atoms with Gasteiger partial charge < -0.3 is 4.74 Å². The van der Waals surface area contributed by atoms with Gasteiger partial charge in [-0.15, -0.1) is 0 Å². The van der Waals surface area contributed by atoms with Crippen LogP contribution >= 0.6 is 0 Å². The molecule has 0 heterocycles. The summed E-state index contributed by atoms with van der Waals surface area (Å²) in [6.07, 6.45) is 3.29. The maximum atomic E-state index is 12.7. The summed E-state index contributed by atoms with van der Waals surface area (Å²) in [5.41, 5.74) is 0.298. The van der Waals surface area contributed by atoms with E-state index in [1.807, 2.05) is 37.3 Å². The van der Waals surface area contributed by atoms with Crippen LogP contribution in [-0.2, 0) is 15.1 Å². The Morgan fingerprint density at radius 2 is 2.00 bits per heavy atom. The van der Waals surface area contributed by atoms with Gasteiger partial charge in [-0.2, -0.15) is 0 Å². The van der Waals surface area contributed by atoms with Crippen molar-refractivity contribution >= 4 is 5.97 Å². The minimum Gasteiger partial charge on any atom is -0.464 e. The number of benzene rings is 1. The van der Waals surface area contributed by atoms with Crippen molar-refractivity contribution in [1.82, 2.24) is 5.32 Å². The minimum atomic E-state index is -0.714. The second kappa shape index (κ2) is 7.08. The molecule has 1 N–H and O–H groups in total. The number of esters is 1. The SMILES string of the molecule is CCOC(=O)C(CC(C)C)(NCC1CC1)c1ccccc1. The van der Waals surface area contributed by atoms with Crippen molar-refractivity contribution in [2.75, 3.05) is 13.2 Å². The van der Waals surface area contributed by atoms with E-state index in [4.69, 9.17) is 4.74 Å². The Morgan fingerprint density at radius 3 is 2.52 bits per heavy atom. The molecule has 21 heavy (non-hydrogen) atoms. The van der Waals surface area contributed by atoms with E-state index in [-0.39, 0.29) is 5.97 Å². The molecular formula is C18H27NO2. The van der Waals surface area contributed by atoms with E-state index in [0.717, 1.165) is 24.4 Å². The maximum Gasteiger partial charge on any atom is 0.330 e. The molecule has 1 unspecified atom stereocenters. The summed E-state index contributed by atoms with van der Waals surface area (Å²) in [6, 6.07) is 10.0. The molecule has 3 heteroatoms. The highest BCUT2D eigenvalue weighted by molar-refractivity contribution is 5.82. The van der Waals surface area contributed by atoms with Crippen LogP contribution in [0.2, 0.25) is 0 Å². The maximum absolute atomic E-state index is 12.7. The summed E-state index contributed by atoms with van der Waals surface area (Å²) in [6.45, 7) is 7.46. The lowest BCUT2D eigenvalue weighted by Gasteiger charge is -2.34. The van der Waals surface area contributed by atoms with Crippen LogP contribution in [0.4, 0.5) is 0 Å². The predicted octanol–water partition coefficient (Wildman–Crippen LogP) is 3.49. The van der Waals surface area contributed by atoms with Gasteiger partial charge in [0.05, 0.1) is 6.61 Å². The Morgan fingerprint density at radius 1 is 1.33 bits per heavy atom. The van der Waals surface area contributed by atoms with E-state index in [1.54, 1.807) is 0 Å². The van der Waals surface area contributed by atoms with Gasteiger partial charge in [-0.1, -0.05) is 44.2 Å². The Kier molecular flexibility index (Phi) is 5.40. The molecule has 1 aliphatic carbocycles. The quantitative estimate of drug-likeness (QED) is 0.744. The van der Waals surface area contributed by atoms with E-state index < -0.39 is 5.54 Å². The molecule has 0 spiro atoms. The lowest BCUT2D eigenvalue weighted by molar-refractivity contribution is -0.152. The van der Waals surface area contributed by atoms with E-state index in [0.29, 0.717) is 12.5 Å². The number of carbonyl (C=O) groups excluding carboxylic acids is 1. The number of carbonyl (C=O) groups is 1. The zero-order valence-corrected chi connectivity index (χ0v) is 13.4. The highest BCUT2D eigenvalue weighted by atomic mass is 16.5. The molecule has 1 atom stereocenters. The standard InChI is InChI=1S/C18H27NO2/c1-4-21-17(20)18(12-14(2)3,19-13-15-10-11-15)16-8-6-5-7-9-16/h5-9,14-15,19H,4,10-13H2,1-3H3. The van der Waals surface area contributed by atoms with Crippen LogP contribution < -0.4 is 5.32 Å². The molecular weight excluding hydrogens is 262 g/mol. The second-order valence-electron chi connectivity index (χ2n) is 6.41. The molecule has 2 rings (SSSR count). The molecule has 0 aliphatic heterocycles. The summed E-state index contributed by atoms with van der Waals surface area (Å²) in [5, 5.41) is 3.55. The molecule has 0 amide bonds. The predicted molar refractivity (Wildman–Crippen MR) is 84.9 cm³/mol. The Hall–Kier alpha value is -1.35. The summed E-state index contributed by atoms with van der Waals surface area (Å²) < 4.78 is 5.41. The molecule has 0 aromatic heterocycles. The molecule has 116 valence electrons. The Balaban J connectivity index is 2.32. The van der Waals surface area contributed by atoms with Gasteiger partial charge in [-0.3, -0.25) is 5.32 Å². The lowest BCUT2D eigenvalue weighted by atomic mass is 9.82. The van der Waals surface area contributed by atoms with Crippen molar-refractivity contribution in [3.05, 3.63) is 35.9 Å². The summed E-state index contributed by atoms with van der Waals surface area (Å²) >= 11 is 0. The van der Waals surface area contributed by atoms with Crippen LogP contribution in [0.1, 0.15) is 45.6 Å². The average Bonchev–Trinajstić information content (AvgIpc) is 3.28. The van der Waals surface area contributed by atoms with Crippen molar-refractivity contribution < 1.29 is 9.53 Å². The third kappa shape index (κ3) is 4.07. The molecule has 1 fully saturated rings. The first-order valence-corrected chi connectivity index (χ1v) is 8.06. The van der Waals surface area contributed by atoms with Crippen LogP contribution in [0.3, 0.4) is 0 Å². The summed E-state index contributed by atoms with van der Waals surface area (Å²) in [5.74, 6) is 0.974. The van der Waals surface area contributed by atoms with Crippen LogP contribution in [0, 0.1) is 11.8 Å². The van der Waals surface area contributed by atoms with Crippen molar-refractivity contribution in [1.29, 1.82) is 0 Å². The molecule has 1 saturated carbocycles. The second-order valence-corrected chi connectivity index (χ2v) is 6.41. The number of hydrogen-bond acceptors (Lipinski definition) is 3. The molecule has 1 aromatic rings. The first-order valence-electron chi connectivity index (χ1n) is 8.06. The third-order valence-corrected chi connectivity index (χ3v) is 3.99. The monoisotopic (exact) mass is 289 g/mol. The fraction of sp³-hybridized carbons (Fsp3) is 0.611. The molecule has 0 radical (unpaired) electrons. The summed E-state index contributed by atoms with van der Waals surface area (Å²) in [4.78, 5) is 12.7. The average molecular weight is 289 g/mol. The van der Waals surface area contributed by atoms with Crippen molar-refractivity contribution in [2.45, 2.75) is 45.6 Å². The number of rotatable bonds is 8. The third-order valence-electron chi connectivity index (χ3n) is 3.99. The van der Waals surface area contributed by atoms with Crippen molar-refractivity contribution in [2.24, 2.45) is 11.8 Å². The molecule has 0 saturated heterocycles. The first-order chi connectivity index (χ1) is 10.1. The van der Waals surface area contributed by atoms with Gasteiger partial charge in [0.1, 0.15) is 5.54 Å². The normalized spacial score (nSPS) is 17.5. The highest BCUT2D eigenvalue weighted by Crippen LogP contribution is 2.34. The Bertz CT molecular complexity index is 454. The van der Waals surface area contributed by atoms with Gasteiger partial charge in [0.2, 0.25) is 0 Å². The molecule has 0 bridgehead atoms. The largest absolute Gasteiger partial charge is 0.464 e. The molecule has 1 aliphatic rings. The summed E-state index contributed by atoms with van der Waals surface area (Å²) in [7, 11) is 0.